The molecule has 0 aliphatic carbocycles. The van der Waals surface area contributed by atoms with E-state index < -0.39 is 5.97 Å². The fourth-order valence-electron chi connectivity index (χ4n) is 1.62. The Morgan fingerprint density at radius 1 is 1.53 bits per heavy atom. The summed E-state index contributed by atoms with van der Waals surface area (Å²) >= 11 is 3.24. The summed E-state index contributed by atoms with van der Waals surface area (Å²) in [4.78, 5) is 10.9. The fourth-order valence-corrected chi connectivity index (χ4v) is 2.12. The van der Waals surface area contributed by atoms with E-state index in [0.717, 1.165) is 16.6 Å². The van der Waals surface area contributed by atoms with Gasteiger partial charge in [0, 0.05) is 16.9 Å². The van der Waals surface area contributed by atoms with E-state index in [0.29, 0.717) is 4.47 Å². The Hall–Kier alpha value is -1.36. The van der Waals surface area contributed by atoms with Gasteiger partial charge >= 0.3 is 5.97 Å². The first-order valence-electron chi connectivity index (χ1n) is 4.37. The van der Waals surface area contributed by atoms with Crippen molar-refractivity contribution in [2.75, 3.05) is 0 Å². The molecule has 0 spiro atoms. The molecule has 78 valence electrons. The largest absolute Gasteiger partial charge is 0.478 e. The first-order valence-corrected chi connectivity index (χ1v) is 5.16. The van der Waals surface area contributed by atoms with Gasteiger partial charge in [0.2, 0.25) is 0 Å². The molecule has 1 aromatic carbocycles. The molecule has 0 aliphatic rings. The van der Waals surface area contributed by atoms with E-state index in [4.69, 9.17) is 5.11 Å². The summed E-state index contributed by atoms with van der Waals surface area (Å²) < 4.78 is 2.31. The van der Waals surface area contributed by atoms with Gasteiger partial charge in [-0.25, -0.2) is 4.79 Å². The Morgan fingerprint density at radius 3 is 2.80 bits per heavy atom. The van der Waals surface area contributed by atoms with Crippen LogP contribution in [0.2, 0.25) is 0 Å². The quantitative estimate of drug-likeness (QED) is 0.864. The summed E-state index contributed by atoms with van der Waals surface area (Å²) in [6.07, 6.45) is 0. The molecule has 0 unspecified atom stereocenters. The highest BCUT2D eigenvalue weighted by Crippen LogP contribution is 2.26. The zero-order chi connectivity index (χ0) is 11.2. The number of aryl methyl sites for hydroxylation is 2. The SMILES string of the molecule is Cc1nn(C)c2cc(Br)c(C(=O)O)cc12. The molecule has 0 aliphatic heterocycles. The number of halogens is 1. The number of carboxylic acids is 1. The van der Waals surface area contributed by atoms with E-state index in [1.54, 1.807) is 16.8 Å². The summed E-state index contributed by atoms with van der Waals surface area (Å²) in [5.41, 5.74) is 2.02. The summed E-state index contributed by atoms with van der Waals surface area (Å²) in [5, 5.41) is 14.1. The predicted molar refractivity (Wildman–Crippen MR) is 60.1 cm³/mol. The molecule has 0 atom stereocenters. The monoisotopic (exact) mass is 268 g/mol. The maximum absolute atomic E-state index is 10.9. The topological polar surface area (TPSA) is 55.1 Å². The van der Waals surface area contributed by atoms with Gasteiger partial charge in [0.25, 0.3) is 0 Å². The van der Waals surface area contributed by atoms with Crippen LogP contribution in [0.15, 0.2) is 16.6 Å². The minimum absolute atomic E-state index is 0.263. The van der Waals surface area contributed by atoms with Crippen LogP contribution >= 0.6 is 15.9 Å². The number of hydrogen-bond donors (Lipinski definition) is 1. The van der Waals surface area contributed by atoms with Crippen molar-refractivity contribution in [1.29, 1.82) is 0 Å². The van der Waals surface area contributed by atoms with Gasteiger partial charge in [0.05, 0.1) is 16.8 Å². The molecule has 5 heteroatoms. The number of nitrogens with zero attached hydrogens (tertiary/aromatic N) is 2. The van der Waals surface area contributed by atoms with Gasteiger partial charge in [0.15, 0.2) is 0 Å². The molecule has 15 heavy (non-hydrogen) atoms. The van der Waals surface area contributed by atoms with Crippen LogP contribution in [-0.2, 0) is 7.05 Å². The molecule has 0 radical (unpaired) electrons. The van der Waals surface area contributed by atoms with Crippen LogP contribution in [0.3, 0.4) is 0 Å². The average Bonchev–Trinajstić information content (AvgIpc) is 2.41. The predicted octanol–water partition coefficient (Wildman–Crippen LogP) is 2.34. The average molecular weight is 269 g/mol. The van der Waals surface area contributed by atoms with Gasteiger partial charge in [0.1, 0.15) is 0 Å². The summed E-state index contributed by atoms with van der Waals surface area (Å²) in [6, 6.07) is 3.42. The number of carbonyl (C=O) groups is 1. The lowest BCUT2D eigenvalue weighted by Crippen LogP contribution is -1.98. The Bertz CT molecular complexity index is 560. The molecule has 2 aromatic rings. The van der Waals surface area contributed by atoms with Crippen molar-refractivity contribution >= 4 is 32.8 Å². The molecule has 1 N–H and O–H groups in total. The van der Waals surface area contributed by atoms with Crippen LogP contribution in [0, 0.1) is 6.92 Å². The van der Waals surface area contributed by atoms with Gasteiger partial charge in [-0.1, -0.05) is 0 Å². The lowest BCUT2D eigenvalue weighted by molar-refractivity contribution is 0.0696. The second kappa shape index (κ2) is 3.34. The number of fused-ring (bicyclic) bond motifs is 1. The van der Waals surface area contributed by atoms with Crippen LogP contribution < -0.4 is 0 Å². The van der Waals surface area contributed by atoms with Gasteiger partial charge in [-0.05, 0) is 35.0 Å². The van der Waals surface area contributed by atoms with E-state index in [-0.39, 0.29) is 5.56 Å². The van der Waals surface area contributed by atoms with Crippen LogP contribution in [-0.4, -0.2) is 20.9 Å². The van der Waals surface area contributed by atoms with Crippen molar-refractivity contribution in [1.82, 2.24) is 9.78 Å². The van der Waals surface area contributed by atoms with Crippen molar-refractivity contribution in [2.45, 2.75) is 6.92 Å². The van der Waals surface area contributed by atoms with Crippen LogP contribution in [0.1, 0.15) is 16.1 Å². The fraction of sp³-hybridized carbons (Fsp3) is 0.200. The van der Waals surface area contributed by atoms with Gasteiger partial charge in [-0.15, -0.1) is 0 Å². The van der Waals surface area contributed by atoms with Crippen LogP contribution in [0.4, 0.5) is 0 Å². The lowest BCUT2D eigenvalue weighted by Gasteiger charge is -2.00. The van der Waals surface area contributed by atoms with Crippen molar-refractivity contribution < 1.29 is 9.90 Å². The molecular weight excluding hydrogens is 260 g/mol. The minimum Gasteiger partial charge on any atom is -0.478 e. The number of rotatable bonds is 1. The first kappa shape index (κ1) is 10.2. The zero-order valence-corrected chi connectivity index (χ0v) is 9.87. The molecule has 1 heterocycles. The molecule has 0 fully saturated rings. The minimum atomic E-state index is -0.938. The Kier molecular flexibility index (Phi) is 2.26. The van der Waals surface area contributed by atoms with Crippen LogP contribution in [0.5, 0.6) is 0 Å². The second-order valence-corrected chi connectivity index (χ2v) is 4.22. The second-order valence-electron chi connectivity index (χ2n) is 3.36. The number of benzene rings is 1. The molecule has 2 rings (SSSR count). The summed E-state index contributed by atoms with van der Waals surface area (Å²) in [7, 11) is 1.84. The number of aromatic carboxylic acids is 1. The Balaban J connectivity index is 2.85. The van der Waals surface area contributed by atoms with Crippen molar-refractivity contribution in [3.63, 3.8) is 0 Å². The molecule has 0 amide bonds. The lowest BCUT2D eigenvalue weighted by atomic mass is 10.1. The van der Waals surface area contributed by atoms with E-state index in [1.165, 1.54) is 0 Å². The summed E-state index contributed by atoms with van der Waals surface area (Å²) in [5.74, 6) is -0.938. The number of carboxylic acid groups (broad SMARTS) is 1. The Labute approximate surface area is 94.6 Å². The van der Waals surface area contributed by atoms with Gasteiger partial charge in [-0.2, -0.15) is 5.10 Å². The van der Waals surface area contributed by atoms with Gasteiger partial charge < -0.3 is 5.11 Å². The van der Waals surface area contributed by atoms with E-state index in [9.17, 15) is 4.79 Å². The third-order valence-electron chi connectivity index (χ3n) is 2.35. The van der Waals surface area contributed by atoms with E-state index in [2.05, 4.69) is 21.0 Å². The molecular formula is C10H9BrN2O2. The third-order valence-corrected chi connectivity index (χ3v) is 3.01. The number of hydrogen-bond acceptors (Lipinski definition) is 2. The van der Waals surface area contributed by atoms with E-state index >= 15 is 0 Å². The van der Waals surface area contributed by atoms with Gasteiger partial charge in [-0.3, -0.25) is 4.68 Å². The highest BCUT2D eigenvalue weighted by atomic mass is 79.9. The molecule has 1 aromatic heterocycles. The van der Waals surface area contributed by atoms with Crippen LogP contribution in [0.25, 0.3) is 10.9 Å². The molecule has 0 bridgehead atoms. The highest BCUT2D eigenvalue weighted by Gasteiger charge is 2.13. The normalized spacial score (nSPS) is 10.9. The first-order chi connectivity index (χ1) is 7.00. The Morgan fingerprint density at radius 2 is 2.20 bits per heavy atom. The summed E-state index contributed by atoms with van der Waals surface area (Å²) in [6.45, 7) is 1.86. The highest BCUT2D eigenvalue weighted by molar-refractivity contribution is 9.10. The van der Waals surface area contributed by atoms with Crippen molar-refractivity contribution in [3.8, 4) is 0 Å². The maximum atomic E-state index is 10.9. The molecule has 4 nitrogen and oxygen atoms in total. The molecule has 0 saturated carbocycles. The van der Waals surface area contributed by atoms with Crippen molar-refractivity contribution in [3.05, 3.63) is 27.9 Å². The van der Waals surface area contributed by atoms with E-state index in [1.807, 2.05) is 14.0 Å². The zero-order valence-electron chi connectivity index (χ0n) is 8.28. The standard InChI is InChI=1S/C10H9BrN2O2/c1-5-6-3-7(10(14)15)8(11)4-9(6)13(2)12-5/h3-4H,1-2H3,(H,14,15). The number of aromatic nitrogens is 2. The third kappa shape index (κ3) is 1.52. The van der Waals surface area contributed by atoms with Crippen molar-refractivity contribution in [2.24, 2.45) is 7.05 Å². The maximum Gasteiger partial charge on any atom is 0.336 e. The molecule has 0 saturated heterocycles. The smallest absolute Gasteiger partial charge is 0.336 e.